The maximum absolute atomic E-state index is 6.12. The molecule has 0 saturated carbocycles. The van der Waals surface area contributed by atoms with Crippen molar-refractivity contribution in [3.05, 3.63) is 53.5 Å². The number of hydrogen-bond donors (Lipinski definition) is 0. The molecule has 0 fully saturated rings. The SMILES string of the molecule is CC1=CN(C(C)C)P(=S)(c2ccccc2)C(C)=C1. The van der Waals surface area contributed by atoms with E-state index in [9.17, 15) is 0 Å². The minimum absolute atomic E-state index is 0.426. The fraction of sp³-hybridized carbons (Fsp3) is 0.333. The molecular weight excluding hydrogens is 257 g/mol. The van der Waals surface area contributed by atoms with E-state index in [2.05, 4.69) is 75.0 Å². The van der Waals surface area contributed by atoms with Gasteiger partial charge in [-0.15, -0.1) is 0 Å². The van der Waals surface area contributed by atoms with Crippen LogP contribution in [0, 0.1) is 0 Å². The van der Waals surface area contributed by atoms with Crippen molar-refractivity contribution in [2.75, 3.05) is 0 Å². The van der Waals surface area contributed by atoms with Gasteiger partial charge in [-0.3, -0.25) is 0 Å². The molecule has 1 nitrogen and oxygen atoms in total. The molecule has 0 radical (unpaired) electrons. The lowest BCUT2D eigenvalue weighted by Crippen LogP contribution is -2.29. The van der Waals surface area contributed by atoms with E-state index in [4.69, 9.17) is 11.8 Å². The standard InChI is InChI=1S/C15H20NPS/c1-12(2)16-11-13(3)10-14(4)17(16,18)15-8-6-5-7-9-15/h5-12H,1-4H3. The molecule has 18 heavy (non-hydrogen) atoms. The highest BCUT2D eigenvalue weighted by Gasteiger charge is 2.31. The highest BCUT2D eigenvalue weighted by Crippen LogP contribution is 2.59. The molecule has 1 aromatic carbocycles. The van der Waals surface area contributed by atoms with Gasteiger partial charge in [0.15, 0.2) is 0 Å². The van der Waals surface area contributed by atoms with E-state index < -0.39 is 6.19 Å². The summed E-state index contributed by atoms with van der Waals surface area (Å²) in [4.78, 5) is 0. The highest BCUT2D eigenvalue weighted by atomic mass is 32.4. The Balaban J connectivity index is 2.60. The predicted molar refractivity (Wildman–Crippen MR) is 84.9 cm³/mol. The van der Waals surface area contributed by atoms with Crippen molar-refractivity contribution in [1.29, 1.82) is 0 Å². The lowest BCUT2D eigenvalue weighted by molar-refractivity contribution is 0.494. The number of nitrogens with zero attached hydrogens (tertiary/aromatic N) is 1. The lowest BCUT2D eigenvalue weighted by atomic mass is 10.3. The van der Waals surface area contributed by atoms with E-state index in [0.717, 1.165) is 0 Å². The molecule has 0 aromatic heterocycles. The molecule has 1 aromatic rings. The summed E-state index contributed by atoms with van der Waals surface area (Å²) >= 11 is 6.12. The molecule has 1 unspecified atom stereocenters. The van der Waals surface area contributed by atoms with Gasteiger partial charge in [0.2, 0.25) is 0 Å². The Hall–Kier alpha value is -0.850. The first kappa shape index (κ1) is 13.6. The van der Waals surface area contributed by atoms with Crippen LogP contribution in [0.4, 0.5) is 0 Å². The third-order valence-corrected chi connectivity index (χ3v) is 8.58. The predicted octanol–water partition coefficient (Wildman–Crippen LogP) is 4.24. The molecule has 0 saturated heterocycles. The summed E-state index contributed by atoms with van der Waals surface area (Å²) in [5.74, 6) is 0. The van der Waals surface area contributed by atoms with Crippen LogP contribution in [0.3, 0.4) is 0 Å². The summed E-state index contributed by atoms with van der Waals surface area (Å²) in [6.07, 6.45) is 2.66. The Morgan fingerprint density at radius 1 is 1.11 bits per heavy atom. The minimum Gasteiger partial charge on any atom is -0.341 e. The molecule has 1 aliphatic heterocycles. The zero-order valence-corrected chi connectivity index (χ0v) is 13.1. The molecule has 0 bridgehead atoms. The summed E-state index contributed by atoms with van der Waals surface area (Å²) in [6, 6.07) is 11.0. The Labute approximate surface area is 115 Å². The molecule has 0 aliphatic carbocycles. The second-order valence-corrected chi connectivity index (χ2v) is 9.47. The average Bonchev–Trinajstić information content (AvgIpc) is 2.34. The van der Waals surface area contributed by atoms with Crippen molar-refractivity contribution < 1.29 is 0 Å². The zero-order chi connectivity index (χ0) is 13.3. The van der Waals surface area contributed by atoms with E-state index in [1.807, 2.05) is 0 Å². The summed E-state index contributed by atoms with van der Waals surface area (Å²) in [6.45, 7) is 8.75. The normalized spacial score (nSPS) is 23.9. The van der Waals surface area contributed by atoms with Crippen LogP contribution in [-0.2, 0) is 11.8 Å². The summed E-state index contributed by atoms with van der Waals surface area (Å²) in [7, 11) is 0. The van der Waals surface area contributed by atoms with Crippen molar-refractivity contribution in [2.45, 2.75) is 33.7 Å². The largest absolute Gasteiger partial charge is 0.341 e. The van der Waals surface area contributed by atoms with Crippen molar-refractivity contribution in [1.82, 2.24) is 4.67 Å². The first-order valence-corrected chi connectivity index (χ1v) is 9.03. The van der Waals surface area contributed by atoms with Crippen LogP contribution in [0.25, 0.3) is 0 Å². The maximum atomic E-state index is 6.12. The van der Waals surface area contributed by atoms with Crippen LogP contribution in [0.1, 0.15) is 27.7 Å². The van der Waals surface area contributed by atoms with Gasteiger partial charge < -0.3 is 4.67 Å². The number of rotatable bonds is 2. The Bertz CT molecular complexity index is 543. The van der Waals surface area contributed by atoms with Gasteiger partial charge in [-0.2, -0.15) is 0 Å². The third-order valence-electron chi connectivity index (χ3n) is 3.21. The van der Waals surface area contributed by atoms with Gasteiger partial charge in [0.25, 0.3) is 0 Å². The van der Waals surface area contributed by atoms with Gasteiger partial charge in [0, 0.05) is 17.5 Å². The molecule has 0 N–H and O–H groups in total. The van der Waals surface area contributed by atoms with E-state index in [1.54, 1.807) is 0 Å². The molecule has 1 heterocycles. The van der Waals surface area contributed by atoms with Crippen LogP contribution < -0.4 is 5.30 Å². The van der Waals surface area contributed by atoms with Gasteiger partial charge in [0.05, 0.1) is 6.19 Å². The van der Waals surface area contributed by atoms with Crippen molar-refractivity contribution in [3.8, 4) is 0 Å². The first-order valence-electron chi connectivity index (χ1n) is 6.28. The summed E-state index contributed by atoms with van der Waals surface area (Å²) in [5.41, 5.74) is 1.29. The molecule has 2 rings (SSSR count). The van der Waals surface area contributed by atoms with E-state index in [0.29, 0.717) is 6.04 Å². The van der Waals surface area contributed by atoms with Crippen LogP contribution in [0.5, 0.6) is 0 Å². The Morgan fingerprint density at radius 2 is 1.72 bits per heavy atom. The number of hydrogen-bond acceptors (Lipinski definition) is 1. The van der Waals surface area contributed by atoms with Crippen LogP contribution in [-0.4, -0.2) is 10.7 Å². The van der Waals surface area contributed by atoms with Crippen molar-refractivity contribution in [2.24, 2.45) is 0 Å². The summed E-state index contributed by atoms with van der Waals surface area (Å²) < 4.78 is 2.39. The molecule has 1 atom stereocenters. The highest BCUT2D eigenvalue weighted by molar-refractivity contribution is 8.19. The third kappa shape index (κ3) is 2.20. The number of allylic oxidation sites excluding steroid dienone is 3. The quantitative estimate of drug-likeness (QED) is 0.744. The maximum Gasteiger partial charge on any atom is 0.0885 e. The lowest BCUT2D eigenvalue weighted by Gasteiger charge is -2.41. The van der Waals surface area contributed by atoms with Crippen molar-refractivity contribution >= 4 is 23.3 Å². The topological polar surface area (TPSA) is 3.24 Å². The minimum atomic E-state index is -1.81. The fourth-order valence-electron chi connectivity index (χ4n) is 2.37. The van der Waals surface area contributed by atoms with Gasteiger partial charge in [-0.1, -0.05) is 48.2 Å². The van der Waals surface area contributed by atoms with Crippen LogP contribution >= 0.6 is 6.19 Å². The second kappa shape index (κ2) is 5.03. The van der Waals surface area contributed by atoms with Gasteiger partial charge >= 0.3 is 0 Å². The first-order chi connectivity index (χ1) is 8.46. The summed E-state index contributed by atoms with van der Waals surface area (Å²) in [5, 5.41) is 2.61. The Morgan fingerprint density at radius 3 is 2.28 bits per heavy atom. The molecule has 0 spiro atoms. The van der Waals surface area contributed by atoms with Gasteiger partial charge in [-0.05, 0) is 38.6 Å². The van der Waals surface area contributed by atoms with E-state index in [1.165, 1.54) is 16.2 Å². The number of benzene rings is 1. The van der Waals surface area contributed by atoms with Crippen LogP contribution in [0.15, 0.2) is 53.5 Å². The molecule has 96 valence electrons. The Kier molecular flexibility index (Phi) is 3.79. The van der Waals surface area contributed by atoms with E-state index in [-0.39, 0.29) is 0 Å². The molecule has 1 aliphatic rings. The fourth-order valence-corrected chi connectivity index (χ4v) is 6.59. The van der Waals surface area contributed by atoms with Crippen LogP contribution in [0.2, 0.25) is 0 Å². The average molecular weight is 277 g/mol. The van der Waals surface area contributed by atoms with E-state index >= 15 is 0 Å². The zero-order valence-electron chi connectivity index (χ0n) is 11.4. The second-order valence-electron chi connectivity index (χ2n) is 5.04. The molecule has 3 heteroatoms. The monoisotopic (exact) mass is 277 g/mol. The van der Waals surface area contributed by atoms with Gasteiger partial charge in [0.1, 0.15) is 0 Å². The van der Waals surface area contributed by atoms with Crippen molar-refractivity contribution in [3.63, 3.8) is 0 Å². The molecule has 0 amide bonds. The van der Waals surface area contributed by atoms with Gasteiger partial charge in [-0.25, -0.2) is 0 Å². The molecular formula is C15H20NPS. The smallest absolute Gasteiger partial charge is 0.0885 e.